The highest BCUT2D eigenvalue weighted by Crippen LogP contribution is 2.23. The van der Waals surface area contributed by atoms with Crippen LogP contribution in [0.15, 0.2) is 18.2 Å². The minimum Gasteiger partial charge on any atom is -0.479 e. The Labute approximate surface area is 91.3 Å². The molecule has 6 nitrogen and oxygen atoms in total. The normalized spacial score (nSPS) is 12.1. The largest absolute Gasteiger partial charge is 0.479 e. The highest BCUT2D eigenvalue weighted by molar-refractivity contribution is 5.72. The maximum Gasteiger partial charge on any atom is 0.332 e. The SMILES string of the molecule is Cc1cccc([N+](=O)[O-])c1CC(O)C(=O)O. The molecular formula is C10H11NO5. The molecule has 0 aliphatic carbocycles. The summed E-state index contributed by atoms with van der Waals surface area (Å²) in [4.78, 5) is 20.6. The Morgan fingerprint density at radius 2 is 2.19 bits per heavy atom. The number of carbonyl (C=O) groups is 1. The number of nitro benzene ring substituents is 1. The first-order valence-corrected chi connectivity index (χ1v) is 4.57. The summed E-state index contributed by atoms with van der Waals surface area (Å²) in [6.45, 7) is 1.64. The molecule has 6 heteroatoms. The molecule has 16 heavy (non-hydrogen) atoms. The molecule has 1 aromatic carbocycles. The van der Waals surface area contributed by atoms with Crippen molar-refractivity contribution in [1.82, 2.24) is 0 Å². The van der Waals surface area contributed by atoms with Crippen molar-refractivity contribution in [1.29, 1.82) is 0 Å². The third kappa shape index (κ3) is 2.54. The number of benzene rings is 1. The van der Waals surface area contributed by atoms with Gasteiger partial charge >= 0.3 is 5.97 Å². The van der Waals surface area contributed by atoms with Gasteiger partial charge in [-0.15, -0.1) is 0 Å². The lowest BCUT2D eigenvalue weighted by Crippen LogP contribution is -2.22. The van der Waals surface area contributed by atoms with Gasteiger partial charge in [0.1, 0.15) is 0 Å². The van der Waals surface area contributed by atoms with Gasteiger partial charge in [0.15, 0.2) is 6.10 Å². The van der Waals surface area contributed by atoms with E-state index in [1.165, 1.54) is 12.1 Å². The average molecular weight is 225 g/mol. The molecule has 0 aliphatic rings. The van der Waals surface area contributed by atoms with Crippen LogP contribution in [0.4, 0.5) is 5.69 Å². The van der Waals surface area contributed by atoms with Gasteiger partial charge in [-0.05, 0) is 12.5 Å². The number of aliphatic hydroxyl groups is 1. The van der Waals surface area contributed by atoms with Gasteiger partial charge in [-0.25, -0.2) is 4.79 Å². The standard InChI is InChI=1S/C10H11NO5/c1-6-3-2-4-8(11(15)16)7(6)5-9(12)10(13)14/h2-4,9,12H,5H2,1H3,(H,13,14). The lowest BCUT2D eigenvalue weighted by Gasteiger charge is -2.08. The van der Waals surface area contributed by atoms with Gasteiger partial charge in [-0.3, -0.25) is 10.1 Å². The molecule has 86 valence electrons. The maximum absolute atomic E-state index is 10.7. The molecule has 0 saturated carbocycles. The summed E-state index contributed by atoms with van der Waals surface area (Å²) in [7, 11) is 0. The average Bonchev–Trinajstić information content (AvgIpc) is 2.20. The number of hydrogen-bond donors (Lipinski definition) is 2. The molecular weight excluding hydrogens is 214 g/mol. The molecule has 1 rings (SSSR count). The van der Waals surface area contributed by atoms with Crippen LogP contribution < -0.4 is 0 Å². The van der Waals surface area contributed by atoms with Gasteiger partial charge in [-0.2, -0.15) is 0 Å². The fraction of sp³-hybridized carbons (Fsp3) is 0.300. The van der Waals surface area contributed by atoms with E-state index in [0.717, 1.165) is 0 Å². The van der Waals surface area contributed by atoms with Gasteiger partial charge in [0.25, 0.3) is 5.69 Å². The van der Waals surface area contributed by atoms with Crippen LogP contribution in [-0.2, 0) is 11.2 Å². The van der Waals surface area contributed by atoms with E-state index >= 15 is 0 Å². The Morgan fingerprint density at radius 1 is 1.56 bits per heavy atom. The quantitative estimate of drug-likeness (QED) is 0.585. The Balaban J connectivity index is 3.11. The number of aliphatic carboxylic acids is 1. The van der Waals surface area contributed by atoms with Crippen LogP contribution >= 0.6 is 0 Å². The number of rotatable bonds is 4. The molecule has 0 bridgehead atoms. The molecule has 0 amide bonds. The van der Waals surface area contributed by atoms with Crippen LogP contribution in [0, 0.1) is 17.0 Å². The topological polar surface area (TPSA) is 101 Å². The molecule has 1 aromatic rings. The minimum atomic E-state index is -1.63. The summed E-state index contributed by atoms with van der Waals surface area (Å²) < 4.78 is 0. The van der Waals surface area contributed by atoms with Gasteiger partial charge < -0.3 is 10.2 Å². The van der Waals surface area contributed by atoms with Crippen LogP contribution in [0.5, 0.6) is 0 Å². The van der Waals surface area contributed by atoms with Gasteiger partial charge in [0.05, 0.1) is 4.92 Å². The van der Waals surface area contributed by atoms with E-state index in [9.17, 15) is 20.0 Å². The second kappa shape index (κ2) is 4.71. The summed E-state index contributed by atoms with van der Waals surface area (Å²) in [6, 6.07) is 4.44. The lowest BCUT2D eigenvalue weighted by molar-refractivity contribution is -0.385. The monoisotopic (exact) mass is 225 g/mol. The highest BCUT2D eigenvalue weighted by Gasteiger charge is 2.22. The Kier molecular flexibility index (Phi) is 3.57. The Bertz CT molecular complexity index is 429. The minimum absolute atomic E-state index is 0.166. The predicted molar refractivity (Wildman–Crippen MR) is 55.2 cm³/mol. The maximum atomic E-state index is 10.7. The number of carboxylic acid groups (broad SMARTS) is 1. The number of aryl methyl sites for hydroxylation is 1. The Morgan fingerprint density at radius 3 is 2.69 bits per heavy atom. The van der Waals surface area contributed by atoms with Crippen LogP contribution in [-0.4, -0.2) is 27.2 Å². The van der Waals surface area contributed by atoms with E-state index < -0.39 is 17.0 Å². The molecule has 0 aliphatic heterocycles. The zero-order valence-electron chi connectivity index (χ0n) is 8.58. The summed E-state index contributed by atoms with van der Waals surface area (Å²) in [5, 5.41) is 28.4. The van der Waals surface area contributed by atoms with E-state index in [1.54, 1.807) is 13.0 Å². The van der Waals surface area contributed by atoms with Crippen molar-refractivity contribution < 1.29 is 19.9 Å². The summed E-state index contributed by atoms with van der Waals surface area (Å²) >= 11 is 0. The van der Waals surface area contributed by atoms with Crippen LogP contribution in [0.2, 0.25) is 0 Å². The molecule has 0 saturated heterocycles. The molecule has 0 radical (unpaired) electrons. The second-order valence-electron chi connectivity index (χ2n) is 3.39. The number of nitrogens with zero attached hydrogens (tertiary/aromatic N) is 1. The molecule has 0 fully saturated rings. The fourth-order valence-corrected chi connectivity index (χ4v) is 1.40. The van der Waals surface area contributed by atoms with E-state index in [0.29, 0.717) is 5.56 Å². The van der Waals surface area contributed by atoms with Crippen LogP contribution in [0.25, 0.3) is 0 Å². The second-order valence-corrected chi connectivity index (χ2v) is 3.39. The number of nitro groups is 1. The molecule has 2 N–H and O–H groups in total. The smallest absolute Gasteiger partial charge is 0.332 e. The van der Waals surface area contributed by atoms with Gasteiger partial charge in [0.2, 0.25) is 0 Å². The van der Waals surface area contributed by atoms with E-state index in [-0.39, 0.29) is 17.7 Å². The fourth-order valence-electron chi connectivity index (χ4n) is 1.40. The van der Waals surface area contributed by atoms with Crippen LogP contribution in [0.1, 0.15) is 11.1 Å². The first-order valence-electron chi connectivity index (χ1n) is 4.57. The van der Waals surface area contributed by atoms with Crippen molar-refractivity contribution in [3.05, 3.63) is 39.4 Å². The van der Waals surface area contributed by atoms with Crippen molar-refractivity contribution in [2.24, 2.45) is 0 Å². The number of aliphatic hydroxyl groups excluding tert-OH is 1. The molecule has 1 unspecified atom stereocenters. The molecule has 1 atom stereocenters. The predicted octanol–water partition coefficient (Wildman–Crippen LogP) is 0.891. The van der Waals surface area contributed by atoms with Crippen molar-refractivity contribution in [3.63, 3.8) is 0 Å². The first-order chi connectivity index (χ1) is 7.43. The van der Waals surface area contributed by atoms with Gasteiger partial charge in [0, 0.05) is 18.1 Å². The molecule has 0 aromatic heterocycles. The van der Waals surface area contributed by atoms with E-state index in [4.69, 9.17) is 5.11 Å². The number of hydrogen-bond acceptors (Lipinski definition) is 4. The van der Waals surface area contributed by atoms with Crippen molar-refractivity contribution in [2.75, 3.05) is 0 Å². The van der Waals surface area contributed by atoms with Crippen molar-refractivity contribution in [3.8, 4) is 0 Å². The summed E-state index contributed by atoms with van der Waals surface area (Å²) in [5.41, 5.74) is 0.678. The zero-order chi connectivity index (χ0) is 12.3. The highest BCUT2D eigenvalue weighted by atomic mass is 16.6. The summed E-state index contributed by atoms with van der Waals surface area (Å²) in [6.07, 6.45) is -1.89. The van der Waals surface area contributed by atoms with Crippen molar-refractivity contribution >= 4 is 11.7 Å². The Hall–Kier alpha value is -1.95. The third-order valence-corrected chi connectivity index (χ3v) is 2.26. The third-order valence-electron chi connectivity index (χ3n) is 2.26. The zero-order valence-corrected chi connectivity index (χ0v) is 8.58. The summed E-state index contributed by atoms with van der Waals surface area (Å²) in [5.74, 6) is -1.39. The van der Waals surface area contributed by atoms with Gasteiger partial charge in [-0.1, -0.05) is 12.1 Å². The molecule has 0 heterocycles. The van der Waals surface area contributed by atoms with Crippen LogP contribution in [0.3, 0.4) is 0 Å². The number of carboxylic acids is 1. The lowest BCUT2D eigenvalue weighted by atomic mass is 10.0. The molecule has 0 spiro atoms. The first kappa shape index (κ1) is 12.1. The van der Waals surface area contributed by atoms with E-state index in [2.05, 4.69) is 0 Å². The van der Waals surface area contributed by atoms with E-state index in [1.807, 2.05) is 0 Å². The van der Waals surface area contributed by atoms with Crippen molar-refractivity contribution in [2.45, 2.75) is 19.4 Å².